The van der Waals surface area contributed by atoms with Crippen LogP contribution in [0.2, 0.25) is 0 Å². The first-order valence-electron chi connectivity index (χ1n) is 5.57. The highest BCUT2D eigenvalue weighted by atomic mass is 32.2. The Hall–Kier alpha value is -0.620. The van der Waals surface area contributed by atoms with Crippen LogP contribution in [0.4, 0.5) is 0 Å². The van der Waals surface area contributed by atoms with E-state index in [4.69, 9.17) is 0 Å². The van der Waals surface area contributed by atoms with Gasteiger partial charge in [0, 0.05) is 25.0 Å². The van der Waals surface area contributed by atoms with Crippen molar-refractivity contribution in [2.45, 2.75) is 45.2 Å². The highest BCUT2D eigenvalue weighted by Gasteiger charge is 2.34. The first-order valence-corrected chi connectivity index (χ1v) is 7.41. The molecule has 0 aromatic carbocycles. The summed E-state index contributed by atoms with van der Waals surface area (Å²) in [6, 6.07) is 0.224. The van der Waals surface area contributed by atoms with Crippen molar-refractivity contribution >= 4 is 15.9 Å². The van der Waals surface area contributed by atoms with E-state index in [0.717, 1.165) is 12.8 Å². The summed E-state index contributed by atoms with van der Waals surface area (Å²) in [5.41, 5.74) is 0. The smallest absolute Gasteiger partial charge is 0.221 e. The second-order valence-electron chi connectivity index (χ2n) is 4.58. The second-order valence-corrected chi connectivity index (χ2v) is 6.51. The fourth-order valence-electron chi connectivity index (χ4n) is 1.59. The summed E-state index contributed by atoms with van der Waals surface area (Å²) in [6.07, 6.45) is 3.27. The van der Waals surface area contributed by atoms with Gasteiger partial charge < -0.3 is 5.32 Å². The Morgan fingerprint density at radius 2 is 2.00 bits per heavy atom. The van der Waals surface area contributed by atoms with E-state index in [1.807, 2.05) is 13.8 Å². The molecule has 94 valence electrons. The molecule has 1 saturated carbocycles. The Balaban J connectivity index is 2.42. The van der Waals surface area contributed by atoms with Gasteiger partial charge in [-0.25, -0.2) is 8.42 Å². The number of hydrogen-bond donors (Lipinski definition) is 1. The number of carbonyl (C=O) groups is 1. The molecule has 0 aliphatic heterocycles. The lowest BCUT2D eigenvalue weighted by molar-refractivity contribution is -0.121. The fourth-order valence-corrected chi connectivity index (χ4v) is 2.76. The minimum absolute atomic E-state index is 0.0932. The average Bonchev–Trinajstić information content (AvgIpc) is 2.83. The summed E-state index contributed by atoms with van der Waals surface area (Å²) >= 11 is 0. The van der Waals surface area contributed by atoms with E-state index >= 15 is 0 Å². The monoisotopic (exact) mass is 248 g/mol. The normalized spacial score (nSPS) is 16.8. The molecule has 0 spiro atoms. The first-order chi connectivity index (χ1) is 7.30. The van der Waals surface area contributed by atoms with Crippen LogP contribution < -0.4 is 5.32 Å². The highest BCUT2D eigenvalue weighted by molar-refractivity contribution is 7.88. The van der Waals surface area contributed by atoms with E-state index in [1.165, 1.54) is 10.6 Å². The van der Waals surface area contributed by atoms with Crippen LogP contribution in [0.25, 0.3) is 0 Å². The van der Waals surface area contributed by atoms with Crippen molar-refractivity contribution < 1.29 is 13.2 Å². The number of sulfonamides is 1. The number of hydrogen-bond acceptors (Lipinski definition) is 3. The third kappa shape index (κ3) is 4.49. The van der Waals surface area contributed by atoms with Gasteiger partial charge >= 0.3 is 0 Å². The maximum atomic E-state index is 11.4. The molecular weight excluding hydrogens is 228 g/mol. The zero-order chi connectivity index (χ0) is 12.3. The minimum atomic E-state index is -3.17. The molecule has 0 atom stereocenters. The predicted molar refractivity (Wildman–Crippen MR) is 62.5 cm³/mol. The molecule has 1 amide bonds. The summed E-state index contributed by atoms with van der Waals surface area (Å²) in [5, 5.41) is 2.75. The predicted octanol–water partition coefficient (Wildman–Crippen LogP) is 0.325. The molecule has 1 aliphatic rings. The van der Waals surface area contributed by atoms with Gasteiger partial charge in [-0.3, -0.25) is 4.79 Å². The van der Waals surface area contributed by atoms with Crippen molar-refractivity contribution in [2.24, 2.45) is 0 Å². The van der Waals surface area contributed by atoms with Crippen molar-refractivity contribution in [2.75, 3.05) is 12.8 Å². The maximum Gasteiger partial charge on any atom is 0.221 e. The van der Waals surface area contributed by atoms with Gasteiger partial charge in [0.2, 0.25) is 15.9 Å². The van der Waals surface area contributed by atoms with Crippen LogP contribution in [-0.4, -0.2) is 43.5 Å². The van der Waals surface area contributed by atoms with E-state index < -0.39 is 10.0 Å². The van der Waals surface area contributed by atoms with Gasteiger partial charge in [0.05, 0.1) is 6.26 Å². The number of nitrogens with one attached hydrogen (secondary N) is 1. The summed E-state index contributed by atoms with van der Waals surface area (Å²) in [6.45, 7) is 4.06. The lowest BCUT2D eigenvalue weighted by atomic mass is 10.3. The van der Waals surface area contributed by atoms with Gasteiger partial charge in [0.1, 0.15) is 0 Å². The van der Waals surface area contributed by atoms with E-state index in [1.54, 1.807) is 0 Å². The van der Waals surface area contributed by atoms with Gasteiger partial charge in [-0.1, -0.05) is 0 Å². The van der Waals surface area contributed by atoms with Crippen LogP contribution in [0, 0.1) is 0 Å². The van der Waals surface area contributed by atoms with Gasteiger partial charge in [0.25, 0.3) is 0 Å². The lowest BCUT2D eigenvalue weighted by Crippen LogP contribution is -2.37. The molecule has 0 aromatic heterocycles. The molecule has 1 rings (SSSR count). The summed E-state index contributed by atoms with van der Waals surface area (Å²) in [7, 11) is -3.17. The molecule has 0 saturated heterocycles. The average molecular weight is 248 g/mol. The molecule has 0 heterocycles. The molecule has 1 N–H and O–H groups in total. The third-order valence-corrected chi connectivity index (χ3v) is 3.72. The second kappa shape index (κ2) is 5.14. The van der Waals surface area contributed by atoms with Crippen LogP contribution >= 0.6 is 0 Å². The number of rotatable bonds is 6. The molecule has 1 aliphatic carbocycles. The zero-order valence-corrected chi connectivity index (χ0v) is 10.9. The standard InChI is InChI=1S/C10H20N2O3S/c1-8(2)11-10(13)6-7-12(9-4-5-9)16(3,14)15/h8-9H,4-7H2,1-3H3,(H,11,13). The number of carbonyl (C=O) groups excluding carboxylic acids is 1. The number of amides is 1. The summed E-state index contributed by atoms with van der Waals surface area (Å²) < 4.78 is 24.3. The lowest BCUT2D eigenvalue weighted by Gasteiger charge is -2.19. The topological polar surface area (TPSA) is 66.5 Å². The molecule has 6 heteroatoms. The van der Waals surface area contributed by atoms with Crippen LogP contribution in [0.1, 0.15) is 33.1 Å². The SMILES string of the molecule is CC(C)NC(=O)CCN(C1CC1)S(C)(=O)=O. The Labute approximate surface area is 97.2 Å². The first kappa shape index (κ1) is 13.4. The highest BCUT2D eigenvalue weighted by Crippen LogP contribution is 2.28. The van der Waals surface area contributed by atoms with Crippen molar-refractivity contribution in [1.29, 1.82) is 0 Å². The molecule has 1 fully saturated rings. The Bertz CT molecular complexity index is 347. The third-order valence-electron chi connectivity index (χ3n) is 2.39. The van der Waals surface area contributed by atoms with Crippen LogP contribution in [0.5, 0.6) is 0 Å². The molecule has 0 unspecified atom stereocenters. The molecule has 0 aromatic rings. The van der Waals surface area contributed by atoms with Gasteiger partial charge in [-0.2, -0.15) is 4.31 Å². The number of nitrogens with zero attached hydrogens (tertiary/aromatic N) is 1. The molecule has 16 heavy (non-hydrogen) atoms. The van der Waals surface area contributed by atoms with E-state index in [-0.39, 0.29) is 24.4 Å². The molecule has 0 radical (unpaired) electrons. The van der Waals surface area contributed by atoms with Crippen LogP contribution in [0.3, 0.4) is 0 Å². The van der Waals surface area contributed by atoms with Gasteiger partial charge in [0.15, 0.2) is 0 Å². The maximum absolute atomic E-state index is 11.4. The zero-order valence-electron chi connectivity index (χ0n) is 10.1. The van der Waals surface area contributed by atoms with Crippen LogP contribution in [-0.2, 0) is 14.8 Å². The van der Waals surface area contributed by atoms with Crippen molar-refractivity contribution in [3.8, 4) is 0 Å². The Morgan fingerprint density at radius 1 is 1.44 bits per heavy atom. The van der Waals surface area contributed by atoms with Gasteiger partial charge in [-0.15, -0.1) is 0 Å². The molecular formula is C10H20N2O3S. The Morgan fingerprint density at radius 3 is 2.38 bits per heavy atom. The van der Waals surface area contributed by atoms with Crippen molar-refractivity contribution in [3.63, 3.8) is 0 Å². The van der Waals surface area contributed by atoms with Crippen molar-refractivity contribution in [3.05, 3.63) is 0 Å². The van der Waals surface area contributed by atoms with Crippen molar-refractivity contribution in [1.82, 2.24) is 9.62 Å². The largest absolute Gasteiger partial charge is 0.354 e. The summed E-state index contributed by atoms with van der Waals surface area (Å²) in [5.74, 6) is -0.0932. The fraction of sp³-hybridized carbons (Fsp3) is 0.900. The van der Waals surface area contributed by atoms with Gasteiger partial charge in [-0.05, 0) is 26.7 Å². The Kier molecular flexibility index (Phi) is 4.32. The van der Waals surface area contributed by atoms with E-state index in [2.05, 4.69) is 5.32 Å². The van der Waals surface area contributed by atoms with E-state index in [0.29, 0.717) is 6.54 Å². The van der Waals surface area contributed by atoms with E-state index in [9.17, 15) is 13.2 Å². The minimum Gasteiger partial charge on any atom is -0.354 e. The summed E-state index contributed by atoms with van der Waals surface area (Å²) in [4.78, 5) is 11.4. The molecule has 0 bridgehead atoms. The molecule has 5 nitrogen and oxygen atoms in total. The van der Waals surface area contributed by atoms with Crippen LogP contribution in [0.15, 0.2) is 0 Å². The quantitative estimate of drug-likeness (QED) is 0.736.